The number of amides is 2. The van der Waals surface area contributed by atoms with Crippen LogP contribution < -0.4 is 5.32 Å². The van der Waals surface area contributed by atoms with Gasteiger partial charge in [-0.3, -0.25) is 19.7 Å². The summed E-state index contributed by atoms with van der Waals surface area (Å²) < 4.78 is 48.6. The lowest BCUT2D eigenvalue weighted by Crippen LogP contribution is -2.52. The normalized spacial score (nSPS) is 17.9. The van der Waals surface area contributed by atoms with E-state index >= 15 is 0 Å². The molecule has 0 spiro atoms. The number of alkyl halides is 3. The summed E-state index contributed by atoms with van der Waals surface area (Å²) in [5.41, 5.74) is -1.31. The van der Waals surface area contributed by atoms with Crippen LogP contribution in [0.15, 0.2) is 30.6 Å². The van der Waals surface area contributed by atoms with Crippen LogP contribution in [0.1, 0.15) is 48.8 Å². The van der Waals surface area contributed by atoms with Gasteiger partial charge in [0.15, 0.2) is 0 Å². The fourth-order valence-electron chi connectivity index (χ4n) is 3.67. The molecule has 200 valence electrons. The van der Waals surface area contributed by atoms with Crippen molar-refractivity contribution in [1.82, 2.24) is 20.2 Å². The number of aromatic nitrogens is 2. The molecule has 3 rings (SSSR count). The van der Waals surface area contributed by atoms with Gasteiger partial charge in [0.25, 0.3) is 0 Å². The summed E-state index contributed by atoms with van der Waals surface area (Å²) in [4.78, 5) is 46.4. The van der Waals surface area contributed by atoms with E-state index in [1.54, 1.807) is 20.8 Å². The van der Waals surface area contributed by atoms with Gasteiger partial charge in [0.2, 0.25) is 5.91 Å². The van der Waals surface area contributed by atoms with Crippen molar-refractivity contribution in [2.24, 2.45) is 0 Å². The van der Waals surface area contributed by atoms with E-state index in [1.165, 1.54) is 17.0 Å². The molecule has 0 aromatic carbocycles. The lowest BCUT2D eigenvalue weighted by molar-refractivity contribution is -0.141. The van der Waals surface area contributed by atoms with Crippen molar-refractivity contribution in [3.63, 3.8) is 0 Å². The third-order valence-electron chi connectivity index (χ3n) is 5.40. The molecule has 1 aliphatic rings. The molecule has 3 heterocycles. The molecular formula is C24H27F3N4O6. The molecule has 0 aliphatic carbocycles. The Morgan fingerprint density at radius 2 is 1.86 bits per heavy atom. The third-order valence-corrected chi connectivity index (χ3v) is 5.40. The largest absolute Gasteiger partial charge is 0.465 e. The minimum atomic E-state index is -4.61. The van der Waals surface area contributed by atoms with Gasteiger partial charge in [0.05, 0.1) is 30.9 Å². The number of nitrogens with zero attached hydrogens (tertiary/aromatic N) is 3. The number of methoxy groups -OCH3 is 1. The quantitative estimate of drug-likeness (QED) is 0.571. The van der Waals surface area contributed by atoms with Crippen LogP contribution in [0.25, 0.3) is 11.3 Å². The van der Waals surface area contributed by atoms with E-state index in [0.29, 0.717) is 0 Å². The Morgan fingerprint density at radius 1 is 1.16 bits per heavy atom. The highest BCUT2D eigenvalue weighted by molar-refractivity contribution is 5.93. The number of likely N-dealkylation sites (tertiary alicyclic amines) is 1. The molecule has 2 N–H and O–H groups in total. The molecule has 2 amide bonds. The fraction of sp³-hybridized carbons (Fsp3) is 0.458. The van der Waals surface area contributed by atoms with E-state index in [1.807, 2.05) is 0 Å². The van der Waals surface area contributed by atoms with Gasteiger partial charge in [-0.05, 0) is 51.0 Å². The molecule has 2 aromatic heterocycles. The second-order valence-electron chi connectivity index (χ2n) is 9.37. The van der Waals surface area contributed by atoms with Crippen molar-refractivity contribution in [2.75, 3.05) is 13.7 Å². The number of aliphatic hydroxyl groups excluding tert-OH is 1. The maximum absolute atomic E-state index is 12.9. The summed E-state index contributed by atoms with van der Waals surface area (Å²) in [7, 11) is 1.15. The fourth-order valence-corrected chi connectivity index (χ4v) is 3.67. The molecule has 0 bridgehead atoms. The number of pyridine rings is 2. The second kappa shape index (κ2) is 10.7. The number of halogens is 3. The van der Waals surface area contributed by atoms with Gasteiger partial charge in [0, 0.05) is 24.5 Å². The molecule has 10 nitrogen and oxygen atoms in total. The maximum Gasteiger partial charge on any atom is 0.433 e. The minimum Gasteiger partial charge on any atom is -0.465 e. The topological polar surface area (TPSA) is 131 Å². The number of nitrogens with one attached hydrogen (secondary N) is 1. The lowest BCUT2D eigenvalue weighted by Gasteiger charge is -2.30. The van der Waals surface area contributed by atoms with E-state index in [4.69, 9.17) is 9.47 Å². The SMILES string of the molecule is COC(=O)c1cnc(-c2ccc(C(F)(F)F)nc2)cc1CC(=O)N[C@@H]1[C@H](O)CCN1C(=O)OC(C)(C)C. The van der Waals surface area contributed by atoms with Crippen molar-refractivity contribution in [2.45, 2.75) is 57.7 Å². The number of carbonyl (C=O) groups excluding carboxylic acids is 3. The average Bonchev–Trinajstić information content (AvgIpc) is 3.17. The Balaban J connectivity index is 1.83. The van der Waals surface area contributed by atoms with Gasteiger partial charge in [-0.1, -0.05) is 0 Å². The standard InChI is InChI=1S/C24H27F3N4O6/c1-23(2,3)37-22(35)31-8-7-17(32)20(31)30-19(33)10-14-9-16(28-12-15(14)21(34)36-4)13-5-6-18(29-11-13)24(25,26)27/h5-6,9,11-12,17,20,32H,7-8,10H2,1-4H3,(H,30,33)/t17-,20+/m1/s1. The lowest BCUT2D eigenvalue weighted by atomic mass is 10.0. The molecule has 2 atom stereocenters. The third kappa shape index (κ3) is 6.94. The monoisotopic (exact) mass is 524 g/mol. The van der Waals surface area contributed by atoms with Gasteiger partial charge in [-0.25, -0.2) is 9.59 Å². The average molecular weight is 524 g/mol. The molecule has 0 radical (unpaired) electrons. The molecule has 13 heteroatoms. The van der Waals surface area contributed by atoms with Crippen LogP contribution in [0.2, 0.25) is 0 Å². The van der Waals surface area contributed by atoms with E-state index in [9.17, 15) is 32.7 Å². The Morgan fingerprint density at radius 3 is 2.43 bits per heavy atom. The van der Waals surface area contributed by atoms with Crippen molar-refractivity contribution < 1.29 is 42.1 Å². The molecular weight excluding hydrogens is 497 g/mol. The summed E-state index contributed by atoms with van der Waals surface area (Å²) in [6.45, 7) is 5.22. The summed E-state index contributed by atoms with van der Waals surface area (Å²) in [6, 6.07) is 3.34. The molecule has 2 aromatic rings. The highest BCUT2D eigenvalue weighted by atomic mass is 19.4. The Hall–Kier alpha value is -3.74. The second-order valence-corrected chi connectivity index (χ2v) is 9.37. The van der Waals surface area contributed by atoms with Gasteiger partial charge in [0.1, 0.15) is 17.5 Å². The predicted molar refractivity (Wildman–Crippen MR) is 123 cm³/mol. The van der Waals surface area contributed by atoms with Crippen molar-refractivity contribution in [3.8, 4) is 11.3 Å². The molecule has 1 saturated heterocycles. The maximum atomic E-state index is 12.9. The molecule has 0 saturated carbocycles. The first-order valence-electron chi connectivity index (χ1n) is 11.3. The Bertz CT molecular complexity index is 1160. The van der Waals surface area contributed by atoms with E-state index < -0.39 is 47.7 Å². The van der Waals surface area contributed by atoms with Gasteiger partial charge < -0.3 is 19.9 Å². The number of aliphatic hydroxyl groups is 1. The van der Waals surface area contributed by atoms with E-state index in [0.717, 1.165) is 25.6 Å². The zero-order valence-corrected chi connectivity index (χ0v) is 20.6. The van der Waals surface area contributed by atoms with E-state index in [2.05, 4.69) is 15.3 Å². The molecule has 37 heavy (non-hydrogen) atoms. The van der Waals surface area contributed by atoms with Gasteiger partial charge >= 0.3 is 18.2 Å². The Labute approximate surface area is 210 Å². The van der Waals surface area contributed by atoms with Crippen molar-refractivity contribution in [3.05, 3.63) is 47.4 Å². The first-order valence-corrected chi connectivity index (χ1v) is 11.3. The van der Waals surface area contributed by atoms with Crippen LogP contribution in [0.4, 0.5) is 18.0 Å². The zero-order valence-electron chi connectivity index (χ0n) is 20.6. The van der Waals surface area contributed by atoms with Crippen molar-refractivity contribution in [1.29, 1.82) is 0 Å². The molecule has 1 fully saturated rings. The summed E-state index contributed by atoms with van der Waals surface area (Å²) in [5.74, 6) is -1.41. The van der Waals surface area contributed by atoms with Gasteiger partial charge in [-0.15, -0.1) is 0 Å². The van der Waals surface area contributed by atoms with E-state index in [-0.39, 0.29) is 41.8 Å². The Kier molecular flexibility index (Phi) is 8.06. The highest BCUT2D eigenvalue weighted by Crippen LogP contribution is 2.29. The summed E-state index contributed by atoms with van der Waals surface area (Å²) >= 11 is 0. The predicted octanol–water partition coefficient (Wildman–Crippen LogP) is 2.94. The number of rotatable bonds is 5. The summed E-state index contributed by atoms with van der Waals surface area (Å²) in [5, 5.41) is 12.9. The number of esters is 1. The zero-order chi connectivity index (χ0) is 27.5. The number of carbonyl (C=O) groups is 3. The highest BCUT2D eigenvalue weighted by Gasteiger charge is 2.39. The van der Waals surface area contributed by atoms with Crippen LogP contribution in [0, 0.1) is 0 Å². The number of ether oxygens (including phenoxy) is 2. The first-order chi connectivity index (χ1) is 17.2. The first kappa shape index (κ1) is 27.8. The van der Waals surface area contributed by atoms with Crippen LogP contribution in [-0.2, 0) is 26.9 Å². The summed E-state index contributed by atoms with van der Waals surface area (Å²) in [6.07, 6.45) is -5.42. The van der Waals surface area contributed by atoms with Crippen LogP contribution in [0.5, 0.6) is 0 Å². The minimum absolute atomic E-state index is 0.0303. The number of hydrogen-bond acceptors (Lipinski definition) is 8. The van der Waals surface area contributed by atoms with Crippen LogP contribution >= 0.6 is 0 Å². The molecule has 1 aliphatic heterocycles. The van der Waals surface area contributed by atoms with Crippen molar-refractivity contribution >= 4 is 18.0 Å². The smallest absolute Gasteiger partial charge is 0.433 e. The molecule has 0 unspecified atom stereocenters. The van der Waals surface area contributed by atoms with Gasteiger partial charge in [-0.2, -0.15) is 13.2 Å². The van der Waals surface area contributed by atoms with Crippen LogP contribution in [-0.4, -0.2) is 69.5 Å². The van der Waals surface area contributed by atoms with Crippen LogP contribution in [0.3, 0.4) is 0 Å². The number of hydrogen-bond donors (Lipinski definition) is 2.